The summed E-state index contributed by atoms with van der Waals surface area (Å²) in [6.07, 6.45) is 11.4. The van der Waals surface area contributed by atoms with Crippen LogP contribution in [-0.2, 0) is 14.3 Å². The summed E-state index contributed by atoms with van der Waals surface area (Å²) in [5.41, 5.74) is 0.527. The molecule has 0 saturated heterocycles. The largest absolute Gasteiger partial charge is 0.462 e. The van der Waals surface area contributed by atoms with Gasteiger partial charge in [-0.1, -0.05) is 26.7 Å². The van der Waals surface area contributed by atoms with Crippen molar-refractivity contribution >= 4 is 11.8 Å². The minimum Gasteiger partial charge on any atom is -0.462 e. The Balaban J connectivity index is 1.65. The molecule has 3 nitrogen and oxygen atoms in total. The monoisotopic (exact) mass is 360 g/mol. The molecule has 0 N–H and O–H groups in total. The molecule has 0 aromatic rings. The third kappa shape index (κ3) is 2.59. The molecule has 0 bridgehead atoms. The van der Waals surface area contributed by atoms with Crippen LogP contribution in [0.3, 0.4) is 0 Å². The lowest BCUT2D eigenvalue weighted by Crippen LogP contribution is -2.53. The number of hydrogen-bond donors (Lipinski definition) is 0. The van der Waals surface area contributed by atoms with Crippen LogP contribution in [-0.4, -0.2) is 17.9 Å². The Labute approximate surface area is 158 Å². The standard InChI is InChI=1S/C23H36O3/c1-14(24)21-20(26-15(2)25)13-19-17-9-8-16-7-5-6-11-22(16,3)18(17)10-12-23(19,21)4/h16-21H,5-13H2,1-4H3/t16-,17+,18-,19-,20-,21-,22+,23+/m1/s1. The molecule has 0 heterocycles. The number of ether oxygens (including phenoxy) is 1. The third-order valence-corrected chi connectivity index (χ3v) is 9.34. The maximum Gasteiger partial charge on any atom is 0.302 e. The molecule has 4 aliphatic rings. The molecule has 0 radical (unpaired) electrons. The predicted octanol–water partition coefficient (Wildman–Crippen LogP) is 5.17. The molecule has 0 aliphatic heterocycles. The van der Waals surface area contributed by atoms with Gasteiger partial charge in [0.05, 0.1) is 5.92 Å². The lowest BCUT2D eigenvalue weighted by atomic mass is 9.45. The summed E-state index contributed by atoms with van der Waals surface area (Å²) in [4.78, 5) is 24.2. The van der Waals surface area contributed by atoms with Crippen LogP contribution in [0.5, 0.6) is 0 Å². The van der Waals surface area contributed by atoms with E-state index in [1.807, 2.05) is 0 Å². The van der Waals surface area contributed by atoms with Crippen LogP contribution < -0.4 is 0 Å². The molecule has 4 saturated carbocycles. The summed E-state index contributed by atoms with van der Waals surface area (Å²) in [7, 11) is 0. The van der Waals surface area contributed by atoms with E-state index in [-0.39, 0.29) is 29.2 Å². The quantitative estimate of drug-likeness (QED) is 0.638. The summed E-state index contributed by atoms with van der Waals surface area (Å²) in [5, 5.41) is 0. The molecule has 4 fully saturated rings. The molecular formula is C23H36O3. The first-order valence-electron chi connectivity index (χ1n) is 10.9. The number of esters is 1. The first-order valence-corrected chi connectivity index (χ1v) is 10.9. The summed E-state index contributed by atoms with van der Waals surface area (Å²) < 4.78 is 5.69. The van der Waals surface area contributed by atoms with E-state index in [4.69, 9.17) is 4.74 Å². The number of rotatable bonds is 2. The molecule has 0 spiro atoms. The normalized spacial score (nSPS) is 50.3. The number of hydrogen-bond acceptors (Lipinski definition) is 3. The van der Waals surface area contributed by atoms with E-state index in [2.05, 4.69) is 13.8 Å². The van der Waals surface area contributed by atoms with Gasteiger partial charge < -0.3 is 4.74 Å². The summed E-state index contributed by atoms with van der Waals surface area (Å²) >= 11 is 0. The van der Waals surface area contributed by atoms with Crippen molar-refractivity contribution in [3.05, 3.63) is 0 Å². The third-order valence-electron chi connectivity index (χ3n) is 9.34. The Morgan fingerprint density at radius 3 is 2.35 bits per heavy atom. The highest BCUT2D eigenvalue weighted by atomic mass is 16.5. The van der Waals surface area contributed by atoms with E-state index < -0.39 is 0 Å². The zero-order chi connectivity index (χ0) is 18.7. The van der Waals surface area contributed by atoms with Crippen molar-refractivity contribution < 1.29 is 14.3 Å². The molecule has 26 heavy (non-hydrogen) atoms. The Morgan fingerprint density at radius 1 is 0.885 bits per heavy atom. The zero-order valence-electron chi connectivity index (χ0n) is 17.1. The average Bonchev–Trinajstić information content (AvgIpc) is 2.85. The van der Waals surface area contributed by atoms with Crippen molar-refractivity contribution in [2.24, 2.45) is 40.4 Å². The molecule has 4 aliphatic carbocycles. The van der Waals surface area contributed by atoms with Crippen molar-refractivity contribution in [2.45, 2.75) is 91.6 Å². The Bertz CT molecular complexity index is 598. The molecule has 0 aromatic heterocycles. The molecule has 0 amide bonds. The van der Waals surface area contributed by atoms with Crippen molar-refractivity contribution in [2.75, 3.05) is 0 Å². The Morgan fingerprint density at radius 2 is 1.65 bits per heavy atom. The van der Waals surface area contributed by atoms with Gasteiger partial charge in [-0.05, 0) is 86.4 Å². The van der Waals surface area contributed by atoms with Gasteiger partial charge >= 0.3 is 5.97 Å². The Hall–Kier alpha value is -0.860. The molecular weight excluding hydrogens is 324 g/mol. The maximum absolute atomic E-state index is 12.6. The van der Waals surface area contributed by atoms with Crippen LogP contribution >= 0.6 is 0 Å². The van der Waals surface area contributed by atoms with Gasteiger partial charge in [0.1, 0.15) is 11.9 Å². The first-order chi connectivity index (χ1) is 12.3. The van der Waals surface area contributed by atoms with Gasteiger partial charge in [-0.25, -0.2) is 0 Å². The van der Waals surface area contributed by atoms with Crippen molar-refractivity contribution in [1.82, 2.24) is 0 Å². The van der Waals surface area contributed by atoms with E-state index in [0.717, 1.165) is 30.6 Å². The Kier molecular flexibility index (Phi) is 4.51. The molecule has 0 unspecified atom stereocenters. The van der Waals surface area contributed by atoms with Crippen molar-refractivity contribution in [1.29, 1.82) is 0 Å². The smallest absolute Gasteiger partial charge is 0.302 e. The second kappa shape index (κ2) is 6.34. The average molecular weight is 361 g/mol. The molecule has 146 valence electrons. The van der Waals surface area contributed by atoms with E-state index in [9.17, 15) is 9.59 Å². The van der Waals surface area contributed by atoms with E-state index >= 15 is 0 Å². The molecule has 8 atom stereocenters. The van der Waals surface area contributed by atoms with E-state index in [1.165, 1.54) is 51.9 Å². The van der Waals surface area contributed by atoms with Crippen LogP contribution in [0.25, 0.3) is 0 Å². The highest BCUT2D eigenvalue weighted by Gasteiger charge is 2.63. The van der Waals surface area contributed by atoms with Crippen LogP contribution in [0.2, 0.25) is 0 Å². The van der Waals surface area contributed by atoms with Crippen LogP contribution in [0, 0.1) is 40.4 Å². The van der Waals surface area contributed by atoms with Gasteiger partial charge in [-0.3, -0.25) is 9.59 Å². The number of Topliss-reactive ketones (excluding diaryl/α,β-unsaturated/α-hetero) is 1. The second-order valence-corrected chi connectivity index (χ2v) is 10.4. The van der Waals surface area contributed by atoms with Gasteiger partial charge in [0.25, 0.3) is 0 Å². The van der Waals surface area contributed by atoms with Gasteiger partial charge in [0.15, 0.2) is 0 Å². The summed E-state index contributed by atoms with van der Waals surface area (Å²) in [6, 6.07) is 0. The fourth-order valence-electron chi connectivity index (χ4n) is 8.34. The highest BCUT2D eigenvalue weighted by molar-refractivity contribution is 5.81. The predicted molar refractivity (Wildman–Crippen MR) is 101 cm³/mol. The lowest BCUT2D eigenvalue weighted by Gasteiger charge is -2.60. The van der Waals surface area contributed by atoms with Crippen LogP contribution in [0.15, 0.2) is 0 Å². The second-order valence-electron chi connectivity index (χ2n) is 10.4. The van der Waals surface area contributed by atoms with Gasteiger partial charge in [0.2, 0.25) is 0 Å². The van der Waals surface area contributed by atoms with Gasteiger partial charge in [0, 0.05) is 6.92 Å². The number of carbonyl (C=O) groups is 2. The zero-order valence-corrected chi connectivity index (χ0v) is 17.1. The minimum absolute atomic E-state index is 0.0188. The van der Waals surface area contributed by atoms with E-state index in [1.54, 1.807) is 6.92 Å². The number of ketones is 1. The van der Waals surface area contributed by atoms with Gasteiger partial charge in [-0.15, -0.1) is 0 Å². The minimum atomic E-state index is -0.233. The fraction of sp³-hybridized carbons (Fsp3) is 0.913. The molecule has 3 heteroatoms. The van der Waals surface area contributed by atoms with Gasteiger partial charge in [-0.2, -0.15) is 0 Å². The lowest BCUT2D eigenvalue weighted by molar-refractivity contribution is -0.151. The maximum atomic E-state index is 12.6. The fourth-order valence-corrected chi connectivity index (χ4v) is 8.34. The SMILES string of the molecule is CC(=O)O[C@@H]1C[C@@H]2[C@H]3CC[C@H]4CCCC[C@]4(C)[C@@H]3CC[C@]2(C)[C@@H]1C(C)=O. The number of fused-ring (bicyclic) bond motifs is 5. The van der Waals surface area contributed by atoms with Crippen LogP contribution in [0.1, 0.15) is 85.5 Å². The molecule has 4 rings (SSSR count). The number of carbonyl (C=O) groups excluding carboxylic acids is 2. The topological polar surface area (TPSA) is 43.4 Å². The summed E-state index contributed by atoms with van der Waals surface area (Å²) in [5.74, 6) is 2.86. The van der Waals surface area contributed by atoms with Crippen LogP contribution in [0.4, 0.5) is 0 Å². The van der Waals surface area contributed by atoms with Crippen molar-refractivity contribution in [3.8, 4) is 0 Å². The van der Waals surface area contributed by atoms with Crippen molar-refractivity contribution in [3.63, 3.8) is 0 Å². The highest BCUT2D eigenvalue weighted by Crippen LogP contribution is 2.67. The molecule has 0 aromatic carbocycles. The summed E-state index contributed by atoms with van der Waals surface area (Å²) in [6.45, 7) is 8.11. The first kappa shape index (κ1) is 18.5. The van der Waals surface area contributed by atoms with E-state index in [0.29, 0.717) is 11.3 Å².